The maximum atomic E-state index is 12.9. The molecule has 2 N–H and O–H groups in total. The zero-order valence-corrected chi connectivity index (χ0v) is 15.1. The topological polar surface area (TPSA) is 84.0 Å². The average Bonchev–Trinajstić information content (AvgIpc) is 2.74. The minimum atomic E-state index is -0.370. The van der Waals surface area contributed by atoms with E-state index in [-0.39, 0.29) is 23.3 Å². The summed E-state index contributed by atoms with van der Waals surface area (Å²) >= 11 is 0. The lowest BCUT2D eigenvalue weighted by molar-refractivity contribution is 0.0949. The molecule has 3 aromatic rings. The first-order valence-corrected chi connectivity index (χ1v) is 8.77. The van der Waals surface area contributed by atoms with Crippen LogP contribution >= 0.6 is 0 Å². The van der Waals surface area contributed by atoms with Crippen molar-refractivity contribution in [2.75, 3.05) is 6.54 Å². The second-order valence-electron chi connectivity index (χ2n) is 6.10. The van der Waals surface area contributed by atoms with E-state index in [1.807, 2.05) is 12.1 Å². The molecule has 2 heterocycles. The van der Waals surface area contributed by atoms with E-state index in [1.165, 1.54) is 24.4 Å². The number of hydrogen-bond donors (Lipinski definition) is 2. The van der Waals surface area contributed by atoms with Crippen molar-refractivity contribution in [1.29, 1.82) is 0 Å². The van der Waals surface area contributed by atoms with Crippen LogP contribution in [-0.4, -0.2) is 28.3 Å². The van der Waals surface area contributed by atoms with Gasteiger partial charge in [0.25, 0.3) is 11.8 Å². The molecule has 7 heteroatoms. The molecule has 0 saturated carbocycles. The smallest absolute Gasteiger partial charge is 0.269 e. The number of benzene rings is 1. The van der Waals surface area contributed by atoms with Gasteiger partial charge in [0, 0.05) is 37.2 Å². The fourth-order valence-corrected chi connectivity index (χ4v) is 2.54. The molecule has 0 aliphatic rings. The normalized spacial score (nSPS) is 10.3. The molecule has 0 radical (unpaired) electrons. The Hall–Kier alpha value is -3.61. The van der Waals surface area contributed by atoms with Crippen LogP contribution in [0.3, 0.4) is 0 Å². The summed E-state index contributed by atoms with van der Waals surface area (Å²) in [6.45, 7) is 0.744. The zero-order chi connectivity index (χ0) is 19.8. The Bertz CT molecular complexity index is 946. The number of aromatic nitrogens is 2. The summed E-state index contributed by atoms with van der Waals surface area (Å²) in [5, 5.41) is 5.55. The standard InChI is InChI=1S/C21H19FN4O2/c22-18-3-1-15(2-4-18)7-11-25-21(28)19-13-17(8-12-24-19)20(27)26-14-16-5-9-23-10-6-16/h1-6,8-10,12-13H,7,11,14H2,(H,25,28)(H,26,27). The summed E-state index contributed by atoms with van der Waals surface area (Å²) < 4.78 is 12.9. The first kappa shape index (κ1) is 19.2. The van der Waals surface area contributed by atoms with Gasteiger partial charge in [-0.25, -0.2) is 4.39 Å². The Kier molecular flexibility index (Phi) is 6.41. The highest BCUT2D eigenvalue weighted by molar-refractivity contribution is 5.98. The van der Waals surface area contributed by atoms with Crippen molar-refractivity contribution < 1.29 is 14.0 Å². The fraction of sp³-hybridized carbons (Fsp3) is 0.143. The van der Waals surface area contributed by atoms with Gasteiger partial charge in [0.2, 0.25) is 0 Å². The van der Waals surface area contributed by atoms with Gasteiger partial charge in [-0.05, 0) is 53.9 Å². The third kappa shape index (κ3) is 5.44. The predicted molar refractivity (Wildman–Crippen MR) is 102 cm³/mol. The van der Waals surface area contributed by atoms with E-state index >= 15 is 0 Å². The van der Waals surface area contributed by atoms with Crippen LogP contribution < -0.4 is 10.6 Å². The van der Waals surface area contributed by atoms with Crippen molar-refractivity contribution >= 4 is 11.8 Å². The maximum Gasteiger partial charge on any atom is 0.269 e. The summed E-state index contributed by atoms with van der Waals surface area (Å²) in [5.41, 5.74) is 2.36. The Labute approximate surface area is 161 Å². The summed E-state index contributed by atoms with van der Waals surface area (Å²) in [5.74, 6) is -0.957. The first-order chi connectivity index (χ1) is 13.6. The van der Waals surface area contributed by atoms with E-state index in [1.54, 1.807) is 30.6 Å². The number of nitrogens with one attached hydrogen (secondary N) is 2. The quantitative estimate of drug-likeness (QED) is 0.662. The lowest BCUT2D eigenvalue weighted by Gasteiger charge is -2.08. The lowest BCUT2D eigenvalue weighted by Crippen LogP contribution is -2.27. The van der Waals surface area contributed by atoms with Crippen LogP contribution in [0.4, 0.5) is 4.39 Å². The zero-order valence-electron chi connectivity index (χ0n) is 15.1. The highest BCUT2D eigenvalue weighted by Crippen LogP contribution is 2.05. The maximum absolute atomic E-state index is 12.9. The van der Waals surface area contributed by atoms with Crippen LogP contribution in [0.25, 0.3) is 0 Å². The molecule has 0 fully saturated rings. The Morgan fingerprint density at radius 3 is 2.36 bits per heavy atom. The van der Waals surface area contributed by atoms with Crippen molar-refractivity contribution in [3.05, 3.63) is 95.3 Å². The third-order valence-corrected chi connectivity index (χ3v) is 4.07. The van der Waals surface area contributed by atoms with Crippen LogP contribution in [0.15, 0.2) is 67.1 Å². The van der Waals surface area contributed by atoms with Crippen LogP contribution in [-0.2, 0) is 13.0 Å². The highest BCUT2D eigenvalue weighted by atomic mass is 19.1. The molecular formula is C21H19FN4O2. The third-order valence-electron chi connectivity index (χ3n) is 4.07. The van der Waals surface area contributed by atoms with Gasteiger partial charge < -0.3 is 10.6 Å². The van der Waals surface area contributed by atoms with Crippen LogP contribution in [0.2, 0.25) is 0 Å². The second-order valence-corrected chi connectivity index (χ2v) is 6.10. The summed E-state index contributed by atoms with van der Waals surface area (Å²) in [6.07, 6.45) is 5.30. The van der Waals surface area contributed by atoms with Crippen molar-refractivity contribution in [2.45, 2.75) is 13.0 Å². The van der Waals surface area contributed by atoms with Crippen LogP contribution in [0.1, 0.15) is 32.0 Å². The molecule has 28 heavy (non-hydrogen) atoms. The van der Waals surface area contributed by atoms with E-state index in [0.29, 0.717) is 25.1 Å². The molecule has 0 aliphatic heterocycles. The van der Waals surface area contributed by atoms with Gasteiger partial charge in [-0.2, -0.15) is 0 Å². The van der Waals surface area contributed by atoms with Gasteiger partial charge >= 0.3 is 0 Å². The molecule has 0 saturated heterocycles. The van der Waals surface area contributed by atoms with Gasteiger partial charge in [-0.15, -0.1) is 0 Å². The number of pyridine rings is 2. The average molecular weight is 378 g/mol. The van der Waals surface area contributed by atoms with Gasteiger partial charge in [0.1, 0.15) is 11.5 Å². The van der Waals surface area contributed by atoms with Gasteiger partial charge in [0.05, 0.1) is 0 Å². The van der Waals surface area contributed by atoms with E-state index in [9.17, 15) is 14.0 Å². The molecule has 0 bridgehead atoms. The van der Waals surface area contributed by atoms with Crippen molar-refractivity contribution in [3.63, 3.8) is 0 Å². The molecule has 6 nitrogen and oxygen atoms in total. The molecule has 2 aromatic heterocycles. The minimum absolute atomic E-state index is 0.163. The number of hydrogen-bond acceptors (Lipinski definition) is 4. The van der Waals surface area contributed by atoms with Gasteiger partial charge in [0.15, 0.2) is 0 Å². The molecule has 3 rings (SSSR count). The number of nitrogens with zero attached hydrogens (tertiary/aromatic N) is 2. The van der Waals surface area contributed by atoms with E-state index < -0.39 is 0 Å². The lowest BCUT2D eigenvalue weighted by atomic mass is 10.1. The highest BCUT2D eigenvalue weighted by Gasteiger charge is 2.11. The molecule has 0 atom stereocenters. The number of carbonyl (C=O) groups excluding carboxylic acids is 2. The fourth-order valence-electron chi connectivity index (χ4n) is 2.54. The van der Waals surface area contributed by atoms with E-state index in [2.05, 4.69) is 20.6 Å². The van der Waals surface area contributed by atoms with E-state index in [0.717, 1.165) is 11.1 Å². The molecule has 142 valence electrons. The van der Waals surface area contributed by atoms with E-state index in [4.69, 9.17) is 0 Å². The molecule has 1 aromatic carbocycles. The molecule has 0 aliphatic carbocycles. The van der Waals surface area contributed by atoms with Gasteiger partial charge in [-0.3, -0.25) is 19.6 Å². The minimum Gasteiger partial charge on any atom is -0.350 e. The first-order valence-electron chi connectivity index (χ1n) is 8.77. The predicted octanol–water partition coefficient (Wildman–Crippen LogP) is 2.52. The second kappa shape index (κ2) is 9.36. The summed E-state index contributed by atoms with van der Waals surface area (Å²) in [4.78, 5) is 32.5. The Morgan fingerprint density at radius 1 is 0.857 bits per heavy atom. The van der Waals surface area contributed by atoms with Crippen molar-refractivity contribution in [2.24, 2.45) is 0 Å². The molecule has 0 spiro atoms. The Balaban J connectivity index is 1.53. The summed E-state index contributed by atoms with van der Waals surface area (Å²) in [6, 6.07) is 12.7. The monoisotopic (exact) mass is 378 g/mol. The molecular weight excluding hydrogens is 359 g/mol. The van der Waals surface area contributed by atoms with Crippen molar-refractivity contribution in [3.8, 4) is 0 Å². The Morgan fingerprint density at radius 2 is 1.61 bits per heavy atom. The molecule has 0 unspecified atom stereocenters. The SMILES string of the molecule is O=C(NCc1ccncc1)c1ccnc(C(=O)NCCc2ccc(F)cc2)c1. The van der Waals surface area contributed by atoms with Crippen LogP contribution in [0.5, 0.6) is 0 Å². The number of rotatable bonds is 7. The molecule has 2 amide bonds. The summed E-state index contributed by atoms with van der Waals surface area (Å²) in [7, 11) is 0. The van der Waals surface area contributed by atoms with Crippen LogP contribution in [0, 0.1) is 5.82 Å². The number of halogens is 1. The van der Waals surface area contributed by atoms with Gasteiger partial charge in [-0.1, -0.05) is 12.1 Å². The number of carbonyl (C=O) groups is 2. The largest absolute Gasteiger partial charge is 0.350 e. The van der Waals surface area contributed by atoms with Crippen molar-refractivity contribution in [1.82, 2.24) is 20.6 Å². The number of amides is 2.